The number of anilines is 1. The van der Waals surface area contributed by atoms with Crippen LogP contribution in [0.3, 0.4) is 0 Å². The fourth-order valence-corrected chi connectivity index (χ4v) is 1.69. The third kappa shape index (κ3) is 2.15. The second kappa shape index (κ2) is 4.60. The molecule has 0 aliphatic carbocycles. The number of rotatable bonds is 1. The van der Waals surface area contributed by atoms with Crippen molar-refractivity contribution in [2.24, 2.45) is 0 Å². The summed E-state index contributed by atoms with van der Waals surface area (Å²) in [4.78, 5) is 1.89. The van der Waals surface area contributed by atoms with E-state index < -0.39 is 0 Å². The molecule has 1 saturated heterocycles. The quantitative estimate of drug-likeness (QED) is 0.703. The lowest BCUT2D eigenvalue weighted by molar-refractivity contribution is 0.597. The van der Waals surface area contributed by atoms with Crippen molar-refractivity contribution in [1.82, 2.24) is 0 Å². The summed E-state index contributed by atoms with van der Waals surface area (Å²) in [6.45, 7) is 1.67. The summed E-state index contributed by atoms with van der Waals surface area (Å²) in [6, 6.07) is 3.60. The first-order valence-corrected chi connectivity index (χ1v) is 4.47. The molecule has 1 nitrogen and oxygen atoms in total. The lowest BCUT2D eigenvalue weighted by atomic mass is 10.2. The van der Waals surface area contributed by atoms with Gasteiger partial charge in [0.1, 0.15) is 11.6 Å². The summed E-state index contributed by atoms with van der Waals surface area (Å²) < 4.78 is 26.0. The van der Waals surface area contributed by atoms with E-state index in [1.54, 1.807) is 0 Å². The predicted octanol–water partition coefficient (Wildman–Crippen LogP) is 3.10. The first-order valence-electron chi connectivity index (χ1n) is 4.47. The minimum Gasteiger partial charge on any atom is -0.369 e. The topological polar surface area (TPSA) is 3.24 Å². The first-order chi connectivity index (χ1) is 6.27. The molecule has 0 bridgehead atoms. The molecule has 1 aliphatic rings. The number of benzene rings is 1. The molecule has 14 heavy (non-hydrogen) atoms. The summed E-state index contributed by atoms with van der Waals surface area (Å²) in [6.07, 6.45) is 2.13. The van der Waals surface area contributed by atoms with E-state index in [4.69, 9.17) is 0 Å². The Hall–Kier alpha value is -0.830. The van der Waals surface area contributed by atoms with Crippen LogP contribution in [0.1, 0.15) is 14.3 Å². The molecule has 1 heterocycles. The van der Waals surface area contributed by atoms with Gasteiger partial charge in [-0.2, -0.15) is 0 Å². The summed E-state index contributed by atoms with van der Waals surface area (Å²) in [5.74, 6) is -0.702. The standard InChI is InChI=1S/C10H11F2N.ClH/c11-8-3-4-9(12)10(7-8)13-5-1-2-6-13;/h3-4,7H,1-2,5-6H2;1H/p+1. The molecule has 1 aromatic rings. The number of hydrogen-bond donors (Lipinski definition) is 0. The average Bonchev–Trinajstić information content (AvgIpc) is 2.61. The second-order valence-electron chi connectivity index (χ2n) is 3.29. The molecule has 0 aromatic heterocycles. The predicted molar refractivity (Wildman–Crippen MR) is 56.2 cm³/mol. The van der Waals surface area contributed by atoms with Crippen molar-refractivity contribution in [2.75, 3.05) is 18.0 Å². The van der Waals surface area contributed by atoms with Gasteiger partial charge in [0.15, 0.2) is 0 Å². The highest BCUT2D eigenvalue weighted by Crippen LogP contribution is 2.23. The van der Waals surface area contributed by atoms with Crippen molar-refractivity contribution < 1.29 is 10.2 Å². The molecule has 0 radical (unpaired) electrons. The second-order valence-corrected chi connectivity index (χ2v) is 3.29. The van der Waals surface area contributed by atoms with E-state index in [0.29, 0.717) is 5.69 Å². The number of halogens is 3. The van der Waals surface area contributed by atoms with Crippen molar-refractivity contribution in [3.05, 3.63) is 29.8 Å². The van der Waals surface area contributed by atoms with Crippen LogP contribution in [0.25, 0.3) is 0 Å². The molecular formula is C10H13ClF2N+. The molecule has 2 rings (SSSR count). The van der Waals surface area contributed by atoms with Gasteiger partial charge in [0.05, 0.1) is 5.69 Å². The van der Waals surface area contributed by atoms with E-state index in [1.807, 2.05) is 4.90 Å². The largest absolute Gasteiger partial charge is 1.00 e. The highest BCUT2D eigenvalue weighted by molar-refractivity contribution is 5.85. The molecule has 0 atom stereocenters. The van der Waals surface area contributed by atoms with Crippen LogP contribution in [0.4, 0.5) is 14.5 Å². The van der Waals surface area contributed by atoms with Crippen LogP contribution in [0.2, 0.25) is 0 Å². The zero-order valence-electron chi connectivity index (χ0n) is 8.67. The molecule has 0 amide bonds. The highest BCUT2D eigenvalue weighted by atomic mass is 35.5. The normalized spacial score (nSPS) is 15.4. The van der Waals surface area contributed by atoms with Crippen molar-refractivity contribution in [2.45, 2.75) is 12.8 Å². The summed E-state index contributed by atoms with van der Waals surface area (Å²) in [7, 11) is 0. The Morgan fingerprint density at radius 2 is 1.79 bits per heavy atom. The summed E-state index contributed by atoms with van der Waals surface area (Å²) >= 11 is 0. The van der Waals surface area contributed by atoms with Crippen LogP contribution < -0.4 is 4.90 Å². The Bertz CT molecular complexity index is 316. The monoisotopic (exact) mass is 220 g/mol. The van der Waals surface area contributed by atoms with E-state index in [-0.39, 0.29) is 25.5 Å². The molecule has 0 N–H and O–H groups in total. The van der Waals surface area contributed by atoms with Crippen molar-refractivity contribution in [3.63, 3.8) is 0 Å². The Morgan fingerprint density at radius 3 is 2.43 bits per heavy atom. The van der Waals surface area contributed by atoms with Gasteiger partial charge in [0, 0.05) is 19.2 Å². The van der Waals surface area contributed by atoms with Crippen molar-refractivity contribution in [3.8, 4) is 0 Å². The first kappa shape index (κ1) is 11.2. The van der Waals surface area contributed by atoms with Crippen molar-refractivity contribution in [1.29, 1.82) is 0 Å². The molecule has 78 valence electrons. The van der Waals surface area contributed by atoms with Crippen molar-refractivity contribution >= 4 is 18.1 Å². The van der Waals surface area contributed by atoms with Gasteiger partial charge < -0.3 is 4.90 Å². The molecule has 1 aliphatic heterocycles. The summed E-state index contributed by atoms with van der Waals surface area (Å²) in [5.41, 5.74) is 0.400. The molecule has 1 aromatic carbocycles. The molecule has 4 heteroatoms. The Balaban J connectivity index is 0.000000980. The Morgan fingerprint density at radius 1 is 1.14 bits per heavy atom. The van der Waals surface area contributed by atoms with Gasteiger partial charge in [0.2, 0.25) is 0 Å². The molecule has 0 saturated carbocycles. The van der Waals surface area contributed by atoms with Crippen LogP contribution >= 0.6 is 12.4 Å². The van der Waals surface area contributed by atoms with Crippen LogP contribution in [0, 0.1) is 11.6 Å². The third-order valence-corrected chi connectivity index (χ3v) is 2.35. The fourth-order valence-electron chi connectivity index (χ4n) is 1.69. The summed E-state index contributed by atoms with van der Waals surface area (Å²) in [5, 5.41) is 0. The fraction of sp³-hybridized carbons (Fsp3) is 0.400. The third-order valence-electron chi connectivity index (χ3n) is 2.35. The molecule has 0 spiro atoms. The number of nitrogens with zero attached hydrogens (tertiary/aromatic N) is 1. The van der Waals surface area contributed by atoms with Gasteiger partial charge in [0.25, 0.3) is 0 Å². The lowest BCUT2D eigenvalue weighted by Crippen LogP contribution is -2.19. The van der Waals surface area contributed by atoms with Crippen LogP contribution in [-0.4, -0.2) is 13.1 Å². The van der Waals surface area contributed by atoms with Gasteiger partial charge in [-0.15, -0.1) is 12.4 Å². The number of hydrogen-bond acceptors (Lipinski definition) is 1. The SMILES string of the molecule is Cl.Fc1ccc(F)c(N2CCCC2)c1.[H+]. The van der Waals surface area contributed by atoms with Crippen LogP contribution in [-0.2, 0) is 0 Å². The van der Waals surface area contributed by atoms with E-state index in [0.717, 1.165) is 32.0 Å². The Kier molecular flexibility index (Phi) is 3.69. The van der Waals surface area contributed by atoms with Crippen LogP contribution in [0.15, 0.2) is 18.2 Å². The van der Waals surface area contributed by atoms with E-state index in [9.17, 15) is 8.78 Å². The van der Waals surface area contributed by atoms with Gasteiger partial charge in [-0.05, 0) is 25.0 Å². The van der Waals surface area contributed by atoms with Crippen LogP contribution in [0.5, 0.6) is 0 Å². The molecule has 0 unspecified atom stereocenters. The lowest BCUT2D eigenvalue weighted by Gasteiger charge is -2.17. The van der Waals surface area contributed by atoms with Gasteiger partial charge in [-0.1, -0.05) is 0 Å². The average molecular weight is 221 g/mol. The molecular weight excluding hydrogens is 208 g/mol. The molecule has 1 fully saturated rings. The smallest absolute Gasteiger partial charge is 0.369 e. The van der Waals surface area contributed by atoms with Gasteiger partial charge in [-0.3, -0.25) is 0 Å². The van der Waals surface area contributed by atoms with E-state index >= 15 is 0 Å². The van der Waals surface area contributed by atoms with Gasteiger partial charge >= 0.3 is 1.43 Å². The zero-order valence-corrected chi connectivity index (χ0v) is 8.49. The zero-order chi connectivity index (χ0) is 9.26. The van der Waals surface area contributed by atoms with E-state index in [2.05, 4.69) is 0 Å². The Labute approximate surface area is 89.6 Å². The van der Waals surface area contributed by atoms with E-state index in [1.165, 1.54) is 12.1 Å². The maximum absolute atomic E-state index is 13.2. The minimum atomic E-state index is -0.372. The highest BCUT2D eigenvalue weighted by Gasteiger charge is 2.16. The maximum Gasteiger partial charge on any atom is 1.00 e. The minimum absolute atomic E-state index is 0. The maximum atomic E-state index is 13.2. The van der Waals surface area contributed by atoms with Gasteiger partial charge in [-0.25, -0.2) is 8.78 Å².